The molecule has 118 valence electrons. The van der Waals surface area contributed by atoms with E-state index < -0.39 is 0 Å². The molecule has 2 aromatic carbocycles. The van der Waals surface area contributed by atoms with Crippen LogP contribution in [0.2, 0.25) is 0 Å². The molecule has 0 aromatic heterocycles. The largest absolute Gasteiger partial charge is 0.322 e. The van der Waals surface area contributed by atoms with Gasteiger partial charge in [-0.1, -0.05) is 31.2 Å². The summed E-state index contributed by atoms with van der Waals surface area (Å²) in [4.78, 5) is 23.4. The Kier molecular flexibility index (Phi) is 4.01. The maximum atomic E-state index is 12.4. The van der Waals surface area contributed by atoms with Crippen molar-refractivity contribution in [3.8, 4) is 0 Å². The lowest BCUT2D eigenvalue weighted by molar-refractivity contribution is 0.102. The first-order valence-electron chi connectivity index (χ1n) is 7.71. The summed E-state index contributed by atoms with van der Waals surface area (Å²) in [6, 6.07) is 13.0. The van der Waals surface area contributed by atoms with E-state index in [1.807, 2.05) is 31.2 Å². The molecule has 1 heterocycles. The molecule has 0 radical (unpaired) electrons. The average molecular weight is 308 g/mol. The first-order valence-corrected chi connectivity index (χ1v) is 7.71. The molecule has 23 heavy (non-hydrogen) atoms. The minimum atomic E-state index is -0.167. The van der Waals surface area contributed by atoms with Gasteiger partial charge in [0, 0.05) is 35.3 Å². The van der Waals surface area contributed by atoms with Crippen LogP contribution in [-0.4, -0.2) is 25.3 Å². The number of nitrogens with one attached hydrogen (secondary N) is 2. The van der Waals surface area contributed by atoms with Gasteiger partial charge in [0.05, 0.1) is 0 Å². The van der Waals surface area contributed by atoms with Crippen LogP contribution in [0.4, 0.5) is 5.69 Å². The highest BCUT2D eigenvalue weighted by Gasteiger charge is 2.33. The summed E-state index contributed by atoms with van der Waals surface area (Å²) in [6.45, 7) is 5.98. The molecule has 2 N–H and O–H groups in total. The molecular weight excluding hydrogens is 288 g/mol. The van der Waals surface area contributed by atoms with Gasteiger partial charge in [-0.15, -0.1) is 0 Å². The fraction of sp³-hybridized carbons (Fsp3) is 0.263. The average Bonchev–Trinajstić information content (AvgIpc) is 2.54. The van der Waals surface area contributed by atoms with Gasteiger partial charge in [-0.05, 0) is 36.2 Å². The molecule has 3 rings (SSSR count). The lowest BCUT2D eigenvalue weighted by Gasteiger charge is -2.40. The summed E-state index contributed by atoms with van der Waals surface area (Å²) in [6.07, 6.45) is 0.799. The molecule has 0 aliphatic carbocycles. The van der Waals surface area contributed by atoms with Gasteiger partial charge in [-0.2, -0.15) is 0 Å². The summed E-state index contributed by atoms with van der Waals surface area (Å²) in [5, 5.41) is 6.16. The van der Waals surface area contributed by atoms with Crippen molar-refractivity contribution >= 4 is 17.9 Å². The van der Waals surface area contributed by atoms with Crippen LogP contribution in [0.25, 0.3) is 0 Å². The summed E-state index contributed by atoms with van der Waals surface area (Å²) >= 11 is 0. The molecule has 0 saturated carbocycles. The summed E-state index contributed by atoms with van der Waals surface area (Å²) < 4.78 is 0. The van der Waals surface area contributed by atoms with Gasteiger partial charge >= 0.3 is 0 Å². The van der Waals surface area contributed by atoms with E-state index in [-0.39, 0.29) is 11.3 Å². The van der Waals surface area contributed by atoms with Crippen LogP contribution in [0.5, 0.6) is 0 Å². The van der Waals surface area contributed by atoms with E-state index in [0.717, 1.165) is 24.9 Å². The van der Waals surface area contributed by atoms with Crippen molar-refractivity contribution in [2.45, 2.75) is 19.3 Å². The molecule has 1 aliphatic heterocycles. The Bertz CT molecular complexity index is 746. The number of carbonyl (C=O) groups excluding carboxylic acids is 2. The Hall–Kier alpha value is -2.46. The summed E-state index contributed by atoms with van der Waals surface area (Å²) in [5.41, 5.74) is 4.06. The Balaban J connectivity index is 1.77. The van der Waals surface area contributed by atoms with Crippen LogP contribution >= 0.6 is 0 Å². The SMILES string of the molecule is Cc1c(C=O)cccc1NC(=O)c1ccc(C2(C)CNC2)cc1. The molecule has 1 amide bonds. The van der Waals surface area contributed by atoms with Crippen LogP contribution < -0.4 is 10.6 Å². The number of benzene rings is 2. The highest BCUT2D eigenvalue weighted by molar-refractivity contribution is 6.05. The van der Waals surface area contributed by atoms with Crippen molar-refractivity contribution in [3.05, 3.63) is 64.7 Å². The van der Waals surface area contributed by atoms with Crippen molar-refractivity contribution in [3.63, 3.8) is 0 Å². The zero-order valence-corrected chi connectivity index (χ0v) is 13.3. The number of anilines is 1. The zero-order chi connectivity index (χ0) is 16.4. The van der Waals surface area contributed by atoms with E-state index >= 15 is 0 Å². The third-order valence-corrected chi connectivity index (χ3v) is 4.63. The molecule has 0 atom stereocenters. The van der Waals surface area contributed by atoms with Crippen molar-refractivity contribution in [1.29, 1.82) is 0 Å². The summed E-state index contributed by atoms with van der Waals surface area (Å²) in [5.74, 6) is -0.167. The monoisotopic (exact) mass is 308 g/mol. The minimum Gasteiger partial charge on any atom is -0.322 e. The van der Waals surface area contributed by atoms with E-state index in [4.69, 9.17) is 0 Å². The smallest absolute Gasteiger partial charge is 0.255 e. The lowest BCUT2D eigenvalue weighted by atomic mass is 9.77. The predicted octanol–water partition coefficient (Wildman–Crippen LogP) is 2.92. The third kappa shape index (κ3) is 2.90. The van der Waals surface area contributed by atoms with Crippen LogP contribution in [-0.2, 0) is 5.41 Å². The van der Waals surface area contributed by atoms with E-state index in [1.54, 1.807) is 18.2 Å². The zero-order valence-electron chi connectivity index (χ0n) is 13.3. The third-order valence-electron chi connectivity index (χ3n) is 4.63. The maximum Gasteiger partial charge on any atom is 0.255 e. The fourth-order valence-corrected chi connectivity index (χ4v) is 2.84. The molecule has 1 saturated heterocycles. The van der Waals surface area contributed by atoms with Gasteiger partial charge in [0.2, 0.25) is 0 Å². The summed E-state index contributed by atoms with van der Waals surface area (Å²) in [7, 11) is 0. The van der Waals surface area contributed by atoms with E-state index in [1.165, 1.54) is 5.56 Å². The highest BCUT2D eigenvalue weighted by Crippen LogP contribution is 2.28. The standard InChI is InChI=1S/C19H20N2O2/c1-13-15(10-22)4-3-5-17(13)21-18(23)14-6-8-16(9-7-14)19(2)11-20-12-19/h3-10,20H,11-12H2,1-2H3,(H,21,23). The predicted molar refractivity (Wildman–Crippen MR) is 91.2 cm³/mol. The lowest BCUT2D eigenvalue weighted by Crippen LogP contribution is -2.54. The Morgan fingerprint density at radius 3 is 2.43 bits per heavy atom. The molecule has 0 bridgehead atoms. The van der Waals surface area contributed by atoms with Crippen molar-refractivity contribution in [2.75, 3.05) is 18.4 Å². The molecule has 2 aromatic rings. The number of aldehydes is 1. The van der Waals surface area contributed by atoms with Gasteiger partial charge in [-0.25, -0.2) is 0 Å². The Labute approximate surface area is 135 Å². The fourth-order valence-electron chi connectivity index (χ4n) is 2.84. The topological polar surface area (TPSA) is 58.2 Å². The second-order valence-corrected chi connectivity index (χ2v) is 6.33. The number of hydrogen-bond donors (Lipinski definition) is 2. The highest BCUT2D eigenvalue weighted by atomic mass is 16.1. The van der Waals surface area contributed by atoms with Crippen molar-refractivity contribution in [1.82, 2.24) is 5.32 Å². The molecular formula is C19H20N2O2. The quantitative estimate of drug-likeness (QED) is 0.854. The molecule has 1 fully saturated rings. The van der Waals surface area contributed by atoms with Crippen LogP contribution in [0, 0.1) is 6.92 Å². The van der Waals surface area contributed by atoms with Crippen molar-refractivity contribution < 1.29 is 9.59 Å². The van der Waals surface area contributed by atoms with E-state index in [9.17, 15) is 9.59 Å². The number of carbonyl (C=O) groups is 2. The normalized spacial score (nSPS) is 15.6. The van der Waals surface area contributed by atoms with Gasteiger partial charge in [0.15, 0.2) is 0 Å². The minimum absolute atomic E-state index is 0.167. The Morgan fingerprint density at radius 2 is 1.87 bits per heavy atom. The first kappa shape index (κ1) is 15.4. The first-order chi connectivity index (χ1) is 11.0. The number of amides is 1. The van der Waals surface area contributed by atoms with E-state index in [0.29, 0.717) is 16.8 Å². The van der Waals surface area contributed by atoms with Crippen LogP contribution in [0.1, 0.15) is 38.8 Å². The molecule has 4 heteroatoms. The van der Waals surface area contributed by atoms with E-state index in [2.05, 4.69) is 17.6 Å². The number of hydrogen-bond acceptors (Lipinski definition) is 3. The van der Waals surface area contributed by atoms with Gasteiger partial charge in [0.1, 0.15) is 6.29 Å². The molecule has 0 spiro atoms. The van der Waals surface area contributed by atoms with Crippen LogP contribution in [0.3, 0.4) is 0 Å². The van der Waals surface area contributed by atoms with Crippen molar-refractivity contribution in [2.24, 2.45) is 0 Å². The van der Waals surface area contributed by atoms with Gasteiger partial charge < -0.3 is 10.6 Å². The molecule has 0 unspecified atom stereocenters. The van der Waals surface area contributed by atoms with Crippen LogP contribution in [0.15, 0.2) is 42.5 Å². The maximum absolute atomic E-state index is 12.4. The molecule has 4 nitrogen and oxygen atoms in total. The Morgan fingerprint density at radius 1 is 1.17 bits per heavy atom. The second-order valence-electron chi connectivity index (χ2n) is 6.33. The second kappa shape index (κ2) is 5.97. The number of rotatable bonds is 4. The molecule has 1 aliphatic rings. The van der Waals surface area contributed by atoms with Gasteiger partial charge in [-0.3, -0.25) is 9.59 Å². The van der Waals surface area contributed by atoms with Gasteiger partial charge in [0.25, 0.3) is 5.91 Å².